The lowest BCUT2D eigenvalue weighted by molar-refractivity contribution is -0.161. The average Bonchev–Trinajstić information content (AvgIpc) is 1.56. The van der Waals surface area contributed by atoms with Gasteiger partial charge in [0, 0.05) is 19.3 Å². The summed E-state index contributed by atoms with van der Waals surface area (Å²) in [6.07, 6.45) is 72.7. The van der Waals surface area contributed by atoms with Crippen molar-refractivity contribution in [2.24, 2.45) is 0 Å². The van der Waals surface area contributed by atoms with Gasteiger partial charge in [-0.25, -0.2) is 9.13 Å². The summed E-state index contributed by atoms with van der Waals surface area (Å²) in [5.74, 6) is -2.34. The maximum atomic E-state index is 13.0. The van der Waals surface area contributed by atoms with Crippen LogP contribution >= 0.6 is 15.6 Å². The maximum Gasteiger partial charge on any atom is 0.472 e. The molecule has 0 fully saturated rings. The van der Waals surface area contributed by atoms with E-state index in [0.717, 1.165) is 148 Å². The summed E-state index contributed by atoms with van der Waals surface area (Å²) in [5, 5.41) is 10.6. The second-order valence-electron chi connectivity index (χ2n) is 24.5. The molecule has 19 heteroatoms. The summed E-state index contributed by atoms with van der Waals surface area (Å²) in [7, 11) is -9.97. The number of hydrogen-bond acceptors (Lipinski definition) is 15. The molecule has 0 spiro atoms. The molecule has 0 heterocycles. The SMILES string of the molecule is CC/C=C\C/C=C\C/C=C\C/C=C\C/C=C\CC(=O)OCC(COP(=O)(O)OCC(O)COP(=O)(O)OCC(COC(=O)CCCCCCCC/C=C\C/C=C\C/C=C\CCCCC)OC(=O)CCCCCCC/C=C\CCCC)OC(=O)CCCCCCCCCCCCC. The summed E-state index contributed by atoms with van der Waals surface area (Å²) in [6.45, 7) is 4.54. The summed E-state index contributed by atoms with van der Waals surface area (Å²) in [6, 6.07) is 0. The van der Waals surface area contributed by atoms with Gasteiger partial charge in [0.25, 0.3) is 0 Å². The summed E-state index contributed by atoms with van der Waals surface area (Å²) >= 11 is 0. The van der Waals surface area contributed by atoms with Gasteiger partial charge in [0.2, 0.25) is 0 Å². The van der Waals surface area contributed by atoms with Crippen molar-refractivity contribution in [3.8, 4) is 0 Å². The highest BCUT2D eigenvalue weighted by atomic mass is 31.2. The molecular weight excluding hydrogens is 1260 g/mol. The van der Waals surface area contributed by atoms with E-state index < -0.39 is 97.5 Å². The van der Waals surface area contributed by atoms with Crippen LogP contribution in [-0.4, -0.2) is 96.7 Å². The fourth-order valence-electron chi connectivity index (χ4n) is 9.57. The molecular formula is C77H132O17P2. The number of esters is 4. The lowest BCUT2D eigenvalue weighted by Gasteiger charge is -2.21. The minimum absolute atomic E-state index is 0.0699. The Kier molecular flexibility index (Phi) is 66.1. The number of ether oxygens (including phenoxy) is 4. The van der Waals surface area contributed by atoms with Crippen LogP contribution in [0.2, 0.25) is 0 Å². The van der Waals surface area contributed by atoms with E-state index in [1.807, 2.05) is 18.2 Å². The van der Waals surface area contributed by atoms with Crippen LogP contribution < -0.4 is 0 Å². The highest BCUT2D eigenvalue weighted by Gasteiger charge is 2.30. The first-order valence-electron chi connectivity index (χ1n) is 37.1. The number of carbonyl (C=O) groups excluding carboxylic acids is 4. The zero-order chi connectivity index (χ0) is 70.4. The zero-order valence-corrected chi connectivity index (χ0v) is 61.8. The predicted molar refractivity (Wildman–Crippen MR) is 390 cm³/mol. The third kappa shape index (κ3) is 68.3. The highest BCUT2D eigenvalue weighted by molar-refractivity contribution is 7.47. The smallest absolute Gasteiger partial charge is 0.462 e. The van der Waals surface area contributed by atoms with E-state index in [9.17, 15) is 43.2 Å². The van der Waals surface area contributed by atoms with Crippen molar-refractivity contribution in [3.63, 3.8) is 0 Å². The highest BCUT2D eigenvalue weighted by Crippen LogP contribution is 2.45. The molecule has 0 aliphatic rings. The second-order valence-corrected chi connectivity index (χ2v) is 27.4. The van der Waals surface area contributed by atoms with Gasteiger partial charge in [-0.3, -0.25) is 37.3 Å². The summed E-state index contributed by atoms with van der Waals surface area (Å²) < 4.78 is 68.2. The Morgan fingerprint density at radius 1 is 0.312 bits per heavy atom. The average molecular weight is 1390 g/mol. The topological polar surface area (TPSA) is 237 Å². The molecule has 0 radical (unpaired) electrons. The number of hydrogen-bond donors (Lipinski definition) is 3. The van der Waals surface area contributed by atoms with Gasteiger partial charge in [-0.2, -0.15) is 0 Å². The Hall–Kier alpha value is -4.28. The van der Waals surface area contributed by atoms with Crippen LogP contribution in [0.1, 0.15) is 297 Å². The number of rotatable bonds is 69. The summed E-state index contributed by atoms with van der Waals surface area (Å²) in [5.41, 5.74) is 0. The molecule has 0 aliphatic carbocycles. The van der Waals surface area contributed by atoms with Crippen LogP contribution in [0, 0.1) is 0 Å². The minimum atomic E-state index is -4.99. The van der Waals surface area contributed by atoms with Crippen LogP contribution in [0.15, 0.2) is 109 Å². The van der Waals surface area contributed by atoms with Crippen LogP contribution in [0.3, 0.4) is 0 Å². The van der Waals surface area contributed by atoms with Crippen LogP contribution in [0.25, 0.3) is 0 Å². The van der Waals surface area contributed by atoms with Crippen molar-refractivity contribution in [1.29, 1.82) is 0 Å². The molecule has 0 aromatic rings. The van der Waals surface area contributed by atoms with Crippen LogP contribution in [0.4, 0.5) is 0 Å². The van der Waals surface area contributed by atoms with Gasteiger partial charge in [-0.15, -0.1) is 0 Å². The van der Waals surface area contributed by atoms with Gasteiger partial charge >= 0.3 is 39.5 Å². The fraction of sp³-hybridized carbons (Fsp3) is 0.714. The molecule has 0 aromatic carbocycles. The Balaban J connectivity index is 5.35. The lowest BCUT2D eigenvalue weighted by atomic mass is 10.1. The van der Waals surface area contributed by atoms with Gasteiger partial charge < -0.3 is 33.8 Å². The Bertz CT molecular complexity index is 2250. The molecule has 0 saturated heterocycles. The standard InChI is InChI=1S/C77H132O17P2/c1-5-9-13-17-21-25-29-31-33-34-35-36-38-40-44-46-50-54-58-62-75(80)88-68-73(94-77(82)64-60-56-52-48-42-28-24-20-16-12-8-4)70-92-96(85,86)90-66-71(78)65-89-95(83,84)91-69-72(93-76(81)63-59-55-51-47-41-27-23-19-15-11-7-3)67-87-74(79)61-57-53-49-45-43-39-37-32-30-26-22-18-14-10-6-2/h10,14,20-22,24-26,31-33,35-37,43,45,53,57,71-73,78H,5-9,11-13,15-19,23,27-30,34,38-42,44,46-52,54-56,58-70H2,1-4H3,(H,83,84)(H,85,86)/b14-10-,24-20-,25-21-,26-22-,33-31-,36-35-,37-32-,45-43-,57-53-. The third-order valence-corrected chi connectivity index (χ3v) is 17.2. The van der Waals surface area contributed by atoms with E-state index in [0.29, 0.717) is 25.7 Å². The molecule has 17 nitrogen and oxygen atoms in total. The molecule has 0 aromatic heterocycles. The molecule has 5 atom stereocenters. The van der Waals surface area contributed by atoms with Gasteiger partial charge in [0.15, 0.2) is 12.2 Å². The van der Waals surface area contributed by atoms with Gasteiger partial charge in [0.1, 0.15) is 19.3 Å². The Morgan fingerprint density at radius 2 is 0.594 bits per heavy atom. The van der Waals surface area contributed by atoms with E-state index in [1.54, 1.807) is 6.08 Å². The zero-order valence-electron chi connectivity index (χ0n) is 60.0. The molecule has 0 aliphatic heterocycles. The van der Waals surface area contributed by atoms with Crippen molar-refractivity contribution < 1.29 is 80.2 Å². The van der Waals surface area contributed by atoms with E-state index >= 15 is 0 Å². The van der Waals surface area contributed by atoms with Gasteiger partial charge in [-0.05, 0) is 109 Å². The molecule has 5 unspecified atom stereocenters. The van der Waals surface area contributed by atoms with E-state index in [-0.39, 0.29) is 25.7 Å². The lowest BCUT2D eigenvalue weighted by Crippen LogP contribution is -2.30. The molecule has 0 bridgehead atoms. The van der Waals surface area contributed by atoms with Crippen molar-refractivity contribution >= 4 is 39.5 Å². The Morgan fingerprint density at radius 3 is 0.990 bits per heavy atom. The first-order valence-corrected chi connectivity index (χ1v) is 40.1. The quantitative estimate of drug-likeness (QED) is 0.0169. The molecule has 0 saturated carbocycles. The fourth-order valence-corrected chi connectivity index (χ4v) is 11.2. The van der Waals surface area contributed by atoms with Crippen LogP contribution in [-0.2, 0) is 65.4 Å². The van der Waals surface area contributed by atoms with E-state index in [4.69, 9.17) is 37.0 Å². The first kappa shape index (κ1) is 91.7. The van der Waals surface area contributed by atoms with Crippen molar-refractivity contribution in [2.45, 2.75) is 316 Å². The molecule has 552 valence electrons. The number of unbranched alkanes of at least 4 members (excludes halogenated alkanes) is 26. The van der Waals surface area contributed by atoms with Crippen molar-refractivity contribution in [3.05, 3.63) is 109 Å². The molecule has 0 rings (SSSR count). The number of aliphatic hydroxyl groups is 1. The molecule has 0 amide bonds. The normalized spacial score (nSPS) is 14.6. The van der Waals surface area contributed by atoms with E-state index in [1.165, 1.54) is 70.6 Å². The van der Waals surface area contributed by atoms with Crippen molar-refractivity contribution in [1.82, 2.24) is 0 Å². The van der Waals surface area contributed by atoms with E-state index in [2.05, 4.69) is 113 Å². The van der Waals surface area contributed by atoms with Crippen molar-refractivity contribution in [2.75, 3.05) is 39.6 Å². The first-order chi connectivity index (χ1) is 46.7. The number of aliphatic hydroxyl groups excluding tert-OH is 1. The number of phosphoric ester groups is 2. The Labute approximate surface area is 581 Å². The summed E-state index contributed by atoms with van der Waals surface area (Å²) in [4.78, 5) is 72.6. The second kappa shape index (κ2) is 69.2. The minimum Gasteiger partial charge on any atom is -0.462 e. The molecule has 3 N–H and O–H groups in total. The largest absolute Gasteiger partial charge is 0.472 e. The predicted octanol–water partition coefficient (Wildman–Crippen LogP) is 21.0. The molecule has 96 heavy (non-hydrogen) atoms. The van der Waals surface area contributed by atoms with Gasteiger partial charge in [0.05, 0.1) is 32.8 Å². The number of carbonyl (C=O) groups is 4. The van der Waals surface area contributed by atoms with Gasteiger partial charge in [-0.1, -0.05) is 272 Å². The maximum absolute atomic E-state index is 13.0. The number of phosphoric acid groups is 2. The third-order valence-electron chi connectivity index (χ3n) is 15.3. The van der Waals surface area contributed by atoms with Crippen LogP contribution in [0.5, 0.6) is 0 Å². The number of allylic oxidation sites excluding steroid dienone is 17. The monoisotopic (exact) mass is 1390 g/mol.